The summed E-state index contributed by atoms with van der Waals surface area (Å²) in [4.78, 5) is 24.8. The number of methoxy groups -OCH3 is 1. The summed E-state index contributed by atoms with van der Waals surface area (Å²) >= 11 is 0. The first-order valence-corrected chi connectivity index (χ1v) is 9.32. The Morgan fingerprint density at radius 1 is 0.923 bits per heavy atom. The van der Waals surface area contributed by atoms with Crippen LogP contribution in [0.2, 0.25) is 0 Å². The highest BCUT2D eigenvalue weighted by molar-refractivity contribution is 6.03. The van der Waals surface area contributed by atoms with Crippen LogP contribution in [-0.2, 0) is 14.2 Å². The molecule has 5 nitrogen and oxygen atoms in total. The molecule has 0 heterocycles. The first-order chi connectivity index (χ1) is 12.4. The standard InChI is InChI=1S/C21H32O5/c1-15(2)9-8-13-25-20(22)18-10-6-7-11-19(18)21(23)26-17(4)16(3)12-14-24-5/h6-7,10-11,15-17H,8-9,12-14H2,1-5H3. The van der Waals surface area contributed by atoms with E-state index in [-0.39, 0.29) is 23.1 Å². The molecular formula is C21H32O5. The molecule has 1 rings (SSSR count). The van der Waals surface area contributed by atoms with E-state index < -0.39 is 11.9 Å². The molecule has 1 aromatic rings. The van der Waals surface area contributed by atoms with Crippen LogP contribution in [0.4, 0.5) is 0 Å². The predicted molar refractivity (Wildman–Crippen MR) is 101 cm³/mol. The van der Waals surface area contributed by atoms with Gasteiger partial charge in [-0.05, 0) is 50.2 Å². The number of rotatable bonds is 11. The first kappa shape index (κ1) is 22.2. The lowest BCUT2D eigenvalue weighted by Crippen LogP contribution is -2.24. The number of carbonyl (C=O) groups is 2. The molecule has 0 fully saturated rings. The third-order valence-corrected chi connectivity index (χ3v) is 4.40. The number of hydrogen-bond acceptors (Lipinski definition) is 5. The minimum atomic E-state index is -0.503. The van der Waals surface area contributed by atoms with E-state index in [1.165, 1.54) is 0 Å². The van der Waals surface area contributed by atoms with Gasteiger partial charge in [-0.3, -0.25) is 0 Å². The normalized spacial score (nSPS) is 13.3. The van der Waals surface area contributed by atoms with Crippen molar-refractivity contribution >= 4 is 11.9 Å². The van der Waals surface area contributed by atoms with Crippen molar-refractivity contribution in [1.29, 1.82) is 0 Å². The summed E-state index contributed by atoms with van der Waals surface area (Å²) in [6.07, 6.45) is 2.33. The molecule has 0 aliphatic carbocycles. The van der Waals surface area contributed by atoms with Gasteiger partial charge in [-0.2, -0.15) is 0 Å². The number of esters is 2. The van der Waals surface area contributed by atoms with E-state index in [4.69, 9.17) is 14.2 Å². The van der Waals surface area contributed by atoms with Crippen LogP contribution in [0, 0.1) is 11.8 Å². The largest absolute Gasteiger partial charge is 0.462 e. The Kier molecular flexibility index (Phi) is 9.96. The minimum Gasteiger partial charge on any atom is -0.462 e. The highest BCUT2D eigenvalue weighted by Crippen LogP contribution is 2.17. The van der Waals surface area contributed by atoms with Gasteiger partial charge in [0.1, 0.15) is 6.10 Å². The summed E-state index contributed by atoms with van der Waals surface area (Å²) in [5.41, 5.74) is 0.492. The maximum Gasteiger partial charge on any atom is 0.339 e. The van der Waals surface area contributed by atoms with Gasteiger partial charge in [0.05, 0.1) is 17.7 Å². The lowest BCUT2D eigenvalue weighted by Gasteiger charge is -2.20. The number of carbonyl (C=O) groups excluding carboxylic acids is 2. The fourth-order valence-electron chi connectivity index (χ4n) is 2.46. The maximum atomic E-state index is 12.5. The zero-order valence-electron chi connectivity index (χ0n) is 16.6. The summed E-state index contributed by atoms with van der Waals surface area (Å²) in [6, 6.07) is 6.62. The average Bonchev–Trinajstić information content (AvgIpc) is 2.62. The van der Waals surface area contributed by atoms with Gasteiger partial charge in [0.2, 0.25) is 0 Å². The Labute approximate surface area is 157 Å². The highest BCUT2D eigenvalue weighted by Gasteiger charge is 2.22. The van der Waals surface area contributed by atoms with Crippen molar-refractivity contribution in [2.75, 3.05) is 20.3 Å². The van der Waals surface area contributed by atoms with Gasteiger partial charge in [0.15, 0.2) is 0 Å². The van der Waals surface area contributed by atoms with E-state index in [9.17, 15) is 9.59 Å². The van der Waals surface area contributed by atoms with Gasteiger partial charge in [0.25, 0.3) is 0 Å². The molecule has 5 heteroatoms. The summed E-state index contributed by atoms with van der Waals surface area (Å²) in [6.45, 7) is 9.08. The Balaban J connectivity index is 2.69. The quantitative estimate of drug-likeness (QED) is 0.427. The molecule has 0 aliphatic rings. The molecule has 0 aromatic heterocycles. The molecule has 146 valence electrons. The molecular weight excluding hydrogens is 332 g/mol. The van der Waals surface area contributed by atoms with Crippen LogP contribution in [0.15, 0.2) is 24.3 Å². The molecule has 0 bridgehead atoms. The fourth-order valence-corrected chi connectivity index (χ4v) is 2.46. The number of hydrogen-bond donors (Lipinski definition) is 0. The van der Waals surface area contributed by atoms with Gasteiger partial charge in [-0.1, -0.05) is 32.9 Å². The molecule has 0 saturated carbocycles. The second-order valence-corrected chi connectivity index (χ2v) is 7.09. The van der Waals surface area contributed by atoms with E-state index in [1.54, 1.807) is 31.4 Å². The molecule has 0 saturated heterocycles. The average molecular weight is 364 g/mol. The molecule has 26 heavy (non-hydrogen) atoms. The zero-order chi connectivity index (χ0) is 19.5. The van der Waals surface area contributed by atoms with Crippen molar-refractivity contribution in [3.8, 4) is 0 Å². The van der Waals surface area contributed by atoms with Crippen LogP contribution < -0.4 is 0 Å². The van der Waals surface area contributed by atoms with E-state index in [0.29, 0.717) is 19.1 Å². The summed E-state index contributed by atoms with van der Waals surface area (Å²) in [5.74, 6) is -0.260. The van der Waals surface area contributed by atoms with Crippen LogP contribution >= 0.6 is 0 Å². The Morgan fingerprint density at radius 2 is 1.54 bits per heavy atom. The van der Waals surface area contributed by atoms with Crippen molar-refractivity contribution in [2.45, 2.75) is 53.1 Å². The molecule has 1 aromatic carbocycles. The fraction of sp³-hybridized carbons (Fsp3) is 0.619. The highest BCUT2D eigenvalue weighted by atomic mass is 16.5. The monoisotopic (exact) mass is 364 g/mol. The second-order valence-electron chi connectivity index (χ2n) is 7.09. The van der Waals surface area contributed by atoms with Crippen molar-refractivity contribution < 1.29 is 23.8 Å². The van der Waals surface area contributed by atoms with E-state index >= 15 is 0 Å². The lowest BCUT2D eigenvalue weighted by molar-refractivity contribution is 0.0168. The number of ether oxygens (including phenoxy) is 3. The third-order valence-electron chi connectivity index (χ3n) is 4.40. The molecule has 0 aliphatic heterocycles. The maximum absolute atomic E-state index is 12.5. The molecule has 0 N–H and O–H groups in total. The van der Waals surface area contributed by atoms with E-state index in [1.807, 2.05) is 13.8 Å². The van der Waals surface area contributed by atoms with Crippen LogP contribution in [0.25, 0.3) is 0 Å². The van der Waals surface area contributed by atoms with E-state index in [2.05, 4.69) is 13.8 Å². The van der Waals surface area contributed by atoms with Gasteiger partial charge in [0, 0.05) is 13.7 Å². The topological polar surface area (TPSA) is 61.8 Å². The second kappa shape index (κ2) is 11.7. The van der Waals surface area contributed by atoms with E-state index in [0.717, 1.165) is 19.3 Å². The third kappa shape index (κ3) is 7.56. The van der Waals surface area contributed by atoms with Crippen molar-refractivity contribution in [2.24, 2.45) is 11.8 Å². The summed E-state index contributed by atoms with van der Waals surface area (Å²) in [5, 5.41) is 0. The Bertz CT molecular complexity index is 567. The van der Waals surface area contributed by atoms with Gasteiger partial charge < -0.3 is 14.2 Å². The molecule has 0 radical (unpaired) electrons. The SMILES string of the molecule is COCCC(C)C(C)OC(=O)c1ccccc1C(=O)OCCCC(C)C. The Morgan fingerprint density at radius 3 is 2.12 bits per heavy atom. The molecule has 2 atom stereocenters. The van der Waals surface area contributed by atoms with Crippen LogP contribution in [0.3, 0.4) is 0 Å². The van der Waals surface area contributed by atoms with Gasteiger partial charge in [-0.25, -0.2) is 9.59 Å². The number of benzene rings is 1. The smallest absolute Gasteiger partial charge is 0.339 e. The van der Waals surface area contributed by atoms with Crippen molar-refractivity contribution in [1.82, 2.24) is 0 Å². The molecule has 2 unspecified atom stereocenters. The van der Waals surface area contributed by atoms with Crippen LogP contribution in [0.5, 0.6) is 0 Å². The zero-order valence-corrected chi connectivity index (χ0v) is 16.6. The minimum absolute atomic E-state index is 0.161. The lowest BCUT2D eigenvalue weighted by atomic mass is 10.0. The van der Waals surface area contributed by atoms with Gasteiger partial charge in [-0.15, -0.1) is 0 Å². The predicted octanol–water partition coefficient (Wildman–Crippen LogP) is 4.50. The summed E-state index contributed by atoms with van der Waals surface area (Å²) in [7, 11) is 1.65. The molecule has 0 amide bonds. The Hall–Kier alpha value is -1.88. The van der Waals surface area contributed by atoms with Crippen molar-refractivity contribution in [3.05, 3.63) is 35.4 Å². The van der Waals surface area contributed by atoms with Crippen LogP contribution in [-0.4, -0.2) is 38.4 Å². The first-order valence-electron chi connectivity index (χ1n) is 9.32. The van der Waals surface area contributed by atoms with Gasteiger partial charge >= 0.3 is 11.9 Å². The summed E-state index contributed by atoms with van der Waals surface area (Å²) < 4.78 is 15.9. The van der Waals surface area contributed by atoms with Crippen LogP contribution in [0.1, 0.15) is 67.7 Å². The van der Waals surface area contributed by atoms with Crippen molar-refractivity contribution in [3.63, 3.8) is 0 Å². The molecule has 0 spiro atoms.